The number of aromatic nitrogens is 6. The van der Waals surface area contributed by atoms with Gasteiger partial charge in [0.1, 0.15) is 58.4 Å². The van der Waals surface area contributed by atoms with Gasteiger partial charge < -0.3 is 43.2 Å². The topological polar surface area (TPSA) is 227 Å². The van der Waals surface area contributed by atoms with Crippen molar-refractivity contribution < 1.29 is 52.3 Å². The highest BCUT2D eigenvalue weighted by molar-refractivity contribution is 6.06. The summed E-state index contributed by atoms with van der Waals surface area (Å²) in [6.45, 7) is 0.151. The molecule has 56 heavy (non-hydrogen) atoms. The van der Waals surface area contributed by atoms with Crippen molar-refractivity contribution in [3.63, 3.8) is 0 Å². The highest BCUT2D eigenvalue weighted by Gasteiger charge is 2.32. The van der Waals surface area contributed by atoms with E-state index in [9.17, 15) is 19.2 Å². The van der Waals surface area contributed by atoms with Crippen LogP contribution in [0.3, 0.4) is 0 Å². The Morgan fingerprint density at radius 2 is 1.14 bits per heavy atom. The monoisotopic (exact) mass is 774 g/mol. The van der Waals surface area contributed by atoms with E-state index >= 15 is 0 Å². The van der Waals surface area contributed by atoms with E-state index in [-0.39, 0.29) is 53.9 Å². The highest BCUT2D eigenvalue weighted by atomic mass is 16.5. The lowest BCUT2D eigenvalue weighted by Crippen LogP contribution is -2.41. The van der Waals surface area contributed by atoms with E-state index in [1.807, 2.05) is 0 Å². The van der Waals surface area contributed by atoms with Gasteiger partial charge in [0.25, 0.3) is 5.56 Å². The van der Waals surface area contributed by atoms with Crippen molar-refractivity contribution in [1.29, 1.82) is 0 Å². The van der Waals surface area contributed by atoms with Gasteiger partial charge in [-0.3, -0.25) is 19.1 Å². The zero-order valence-electron chi connectivity index (χ0n) is 31.7. The second-order valence-electron chi connectivity index (χ2n) is 11.3. The van der Waals surface area contributed by atoms with Crippen LogP contribution in [0.15, 0.2) is 47.9 Å². The number of hydrogen-bond donors (Lipinski definition) is 1. The molecule has 294 valence electrons. The van der Waals surface area contributed by atoms with Crippen LogP contribution in [0.2, 0.25) is 0 Å². The first-order valence-corrected chi connectivity index (χ1v) is 16.4. The maximum absolute atomic E-state index is 12.6. The largest absolute Gasteiger partial charge is 0.496 e. The van der Waals surface area contributed by atoms with Gasteiger partial charge in [-0.15, -0.1) is 0 Å². The fourth-order valence-electron chi connectivity index (χ4n) is 5.70. The molecule has 6 rings (SSSR count). The maximum atomic E-state index is 12.6. The van der Waals surface area contributed by atoms with Crippen LogP contribution in [0.4, 0.5) is 11.5 Å². The number of nitrogens with one attached hydrogen (secondary N) is 1. The Labute approximate surface area is 319 Å². The Morgan fingerprint density at radius 1 is 0.643 bits per heavy atom. The minimum atomic E-state index is -0.676. The predicted octanol–water partition coefficient (Wildman–Crippen LogP) is 2.29. The number of fused-ring (bicyclic) bond motifs is 2. The van der Waals surface area contributed by atoms with Crippen molar-refractivity contribution in [3.05, 3.63) is 76.0 Å². The minimum Gasteiger partial charge on any atom is -0.496 e. The first kappa shape index (κ1) is 39.9. The predicted molar refractivity (Wildman–Crippen MR) is 197 cm³/mol. The van der Waals surface area contributed by atoms with E-state index in [2.05, 4.69) is 30.2 Å². The molecule has 0 saturated carbocycles. The van der Waals surface area contributed by atoms with E-state index < -0.39 is 17.5 Å². The number of amides is 1. The highest BCUT2D eigenvalue weighted by Crippen LogP contribution is 2.38. The van der Waals surface area contributed by atoms with Crippen LogP contribution in [0.25, 0.3) is 11.2 Å². The summed E-state index contributed by atoms with van der Waals surface area (Å²) in [4.78, 5) is 70.8. The lowest BCUT2D eigenvalue weighted by Gasteiger charge is -2.30. The van der Waals surface area contributed by atoms with Crippen LogP contribution in [-0.4, -0.2) is 111 Å². The molecule has 2 aromatic carbocycles. The lowest BCUT2D eigenvalue weighted by molar-refractivity contribution is -0.117. The fourth-order valence-corrected chi connectivity index (χ4v) is 5.70. The van der Waals surface area contributed by atoms with Crippen molar-refractivity contribution >= 4 is 40.5 Å². The molecule has 0 atom stereocenters. The molecule has 0 saturated heterocycles. The smallest absolute Gasteiger partial charge is 0.359 e. The van der Waals surface area contributed by atoms with Gasteiger partial charge in [0.2, 0.25) is 5.91 Å². The van der Waals surface area contributed by atoms with Crippen molar-refractivity contribution in [3.8, 4) is 34.5 Å². The van der Waals surface area contributed by atoms with Gasteiger partial charge in [-0.05, 0) is 0 Å². The number of benzene rings is 2. The van der Waals surface area contributed by atoms with Gasteiger partial charge in [-0.2, -0.15) is 0 Å². The Balaban J connectivity index is 0.000000214. The van der Waals surface area contributed by atoms with Crippen LogP contribution < -0.4 is 44.2 Å². The van der Waals surface area contributed by atoms with Gasteiger partial charge in [0.05, 0.1) is 93.8 Å². The molecule has 20 heteroatoms. The van der Waals surface area contributed by atoms with Gasteiger partial charge in [-0.1, -0.05) is 0 Å². The quantitative estimate of drug-likeness (QED) is 0.179. The third-order valence-corrected chi connectivity index (χ3v) is 8.45. The normalized spacial score (nSPS) is 11.6. The summed E-state index contributed by atoms with van der Waals surface area (Å²) in [6, 6.07) is 6.76. The third kappa shape index (κ3) is 7.98. The molecule has 0 unspecified atom stereocenters. The van der Waals surface area contributed by atoms with Crippen LogP contribution in [-0.2, 0) is 27.4 Å². The number of nitrogens with zero attached hydrogens (tertiary/aromatic N) is 7. The number of hydrogen-bond acceptors (Lipinski definition) is 18. The molecular formula is C36H38N8O12. The number of anilines is 2. The van der Waals surface area contributed by atoms with Gasteiger partial charge in [0, 0.05) is 24.3 Å². The summed E-state index contributed by atoms with van der Waals surface area (Å²) in [5.41, 5.74) is 1.50. The van der Waals surface area contributed by atoms with Crippen molar-refractivity contribution in [2.75, 3.05) is 73.6 Å². The molecule has 4 heterocycles. The van der Waals surface area contributed by atoms with Crippen molar-refractivity contribution in [2.24, 2.45) is 0 Å². The van der Waals surface area contributed by atoms with Crippen LogP contribution in [0.5, 0.6) is 34.5 Å². The Bertz CT molecular complexity index is 2280. The molecule has 0 bridgehead atoms. The van der Waals surface area contributed by atoms with Crippen LogP contribution in [0, 0.1) is 0 Å². The summed E-state index contributed by atoms with van der Waals surface area (Å²) in [7, 11) is 11.6. The molecule has 1 N–H and O–H groups in total. The van der Waals surface area contributed by atoms with Gasteiger partial charge >= 0.3 is 11.9 Å². The zero-order valence-corrected chi connectivity index (χ0v) is 31.7. The summed E-state index contributed by atoms with van der Waals surface area (Å²) in [5, 5.41) is 2.89. The molecule has 1 aliphatic heterocycles. The first-order valence-electron chi connectivity index (χ1n) is 16.4. The average Bonchev–Trinajstić information content (AvgIpc) is 3.24. The molecule has 3 aromatic heterocycles. The number of carbonyl (C=O) groups is 3. The van der Waals surface area contributed by atoms with E-state index in [0.29, 0.717) is 51.3 Å². The van der Waals surface area contributed by atoms with E-state index in [0.717, 1.165) is 6.20 Å². The van der Waals surface area contributed by atoms with Gasteiger partial charge in [-0.25, -0.2) is 34.5 Å². The Morgan fingerprint density at radius 3 is 1.66 bits per heavy atom. The number of ether oxygens (including phenoxy) is 8. The maximum Gasteiger partial charge on any atom is 0.359 e. The summed E-state index contributed by atoms with van der Waals surface area (Å²) >= 11 is 0. The van der Waals surface area contributed by atoms with Gasteiger partial charge in [0.15, 0.2) is 22.9 Å². The van der Waals surface area contributed by atoms with Crippen molar-refractivity contribution in [1.82, 2.24) is 29.5 Å². The SMILES string of the molecule is COC(=O)c1ncnc2c1NCC(=O)N2Cc1c(OC)cc(OC)cc1OC.COC(=O)c1ncnc2c1ncc(=O)n2Cc1c(OC)cc(OC)cc1OC. The molecule has 0 spiro atoms. The van der Waals surface area contributed by atoms with Crippen molar-refractivity contribution in [2.45, 2.75) is 13.1 Å². The second kappa shape index (κ2) is 17.7. The lowest BCUT2D eigenvalue weighted by atomic mass is 10.1. The molecule has 1 aliphatic rings. The molecule has 5 aromatic rings. The average molecular weight is 775 g/mol. The number of carbonyl (C=O) groups excluding carboxylic acids is 3. The summed E-state index contributed by atoms with van der Waals surface area (Å²) < 4.78 is 43.1. The fraction of sp³-hybridized carbons (Fsp3) is 0.306. The Kier molecular flexibility index (Phi) is 12.6. The molecular weight excluding hydrogens is 736 g/mol. The zero-order chi connectivity index (χ0) is 40.5. The van der Waals surface area contributed by atoms with E-state index in [1.54, 1.807) is 24.3 Å². The molecule has 1 amide bonds. The summed E-state index contributed by atoms with van der Waals surface area (Å²) in [6.07, 6.45) is 3.48. The van der Waals surface area contributed by atoms with E-state index in [4.69, 9.17) is 37.9 Å². The van der Waals surface area contributed by atoms with E-state index in [1.165, 1.54) is 79.0 Å². The second-order valence-corrected chi connectivity index (χ2v) is 11.3. The number of rotatable bonds is 12. The molecule has 0 aliphatic carbocycles. The Hall–Kier alpha value is -7.25. The molecule has 0 radical (unpaired) electrons. The standard InChI is InChI=1S/C18H20N4O6.C18H18N4O6/c2*1-25-10-5-12(26-2)11(13(6-10)27-3)8-22-14(23)7-19-15-16(18(24)28-4)20-9-21-17(15)22/h5-6,9,19H,7-8H2,1-4H3;5-7,9H,8H2,1-4H3. The first-order chi connectivity index (χ1) is 27.1. The minimum absolute atomic E-state index is 0.0227. The molecule has 20 nitrogen and oxygen atoms in total. The van der Waals surface area contributed by atoms with Crippen LogP contribution >= 0.6 is 0 Å². The molecule has 0 fully saturated rings. The summed E-state index contributed by atoms with van der Waals surface area (Å²) in [5.74, 6) is 1.75. The van der Waals surface area contributed by atoms with Crippen LogP contribution in [0.1, 0.15) is 32.1 Å². The number of methoxy groups -OCH3 is 8. The third-order valence-electron chi connectivity index (χ3n) is 8.45. The number of esters is 2.